The number of unbranched alkanes of at least 4 members (excludes halogenated alkanes) is 5. The topological polar surface area (TPSA) is 63.6 Å². The van der Waals surface area contributed by atoms with Crippen molar-refractivity contribution in [2.24, 2.45) is 0 Å². The summed E-state index contributed by atoms with van der Waals surface area (Å²) in [7, 11) is 0. The maximum absolute atomic E-state index is 11.1. The maximum Gasteiger partial charge on any atom is 0.331 e. The smallest absolute Gasteiger partial charge is 0.331 e. The number of carbonyl (C=O) groups excluding carboxylic acids is 1. The highest BCUT2D eigenvalue weighted by molar-refractivity contribution is 5.94. The number of carboxylic acids is 1. The lowest BCUT2D eigenvalue weighted by Gasteiger charge is -2.02. The van der Waals surface area contributed by atoms with E-state index < -0.39 is 11.9 Å². The standard InChI is InChI=1S/C13H22O4/c1-3-4-5-6-7-8-9-17-12(14)10-11(2)13(15)16/h10H,3-9H2,1-2H3,(H,15,16)/b11-10-. The van der Waals surface area contributed by atoms with Gasteiger partial charge in [-0.15, -0.1) is 0 Å². The molecular formula is C13H22O4. The Morgan fingerprint density at radius 3 is 2.29 bits per heavy atom. The van der Waals surface area contributed by atoms with Gasteiger partial charge in [0, 0.05) is 11.6 Å². The van der Waals surface area contributed by atoms with E-state index in [0.717, 1.165) is 25.3 Å². The first kappa shape index (κ1) is 15.7. The molecular weight excluding hydrogens is 220 g/mol. The third-order valence-electron chi connectivity index (χ3n) is 2.41. The van der Waals surface area contributed by atoms with E-state index in [1.165, 1.54) is 26.2 Å². The Hall–Kier alpha value is -1.32. The lowest BCUT2D eigenvalue weighted by Crippen LogP contribution is -2.06. The molecule has 0 amide bonds. The van der Waals surface area contributed by atoms with Crippen LogP contribution in [0.5, 0.6) is 0 Å². The van der Waals surface area contributed by atoms with Crippen LogP contribution in [-0.2, 0) is 14.3 Å². The number of hydrogen-bond acceptors (Lipinski definition) is 3. The molecule has 0 aliphatic carbocycles. The first-order chi connectivity index (χ1) is 8.07. The van der Waals surface area contributed by atoms with Crippen LogP contribution >= 0.6 is 0 Å². The summed E-state index contributed by atoms with van der Waals surface area (Å²) in [5.74, 6) is -1.67. The van der Waals surface area contributed by atoms with E-state index in [1.807, 2.05) is 0 Å². The van der Waals surface area contributed by atoms with E-state index in [9.17, 15) is 9.59 Å². The monoisotopic (exact) mass is 242 g/mol. The first-order valence-corrected chi connectivity index (χ1v) is 6.16. The SMILES string of the molecule is CCCCCCCCOC(=O)/C=C(/C)C(=O)O. The van der Waals surface area contributed by atoms with Gasteiger partial charge in [0.2, 0.25) is 0 Å². The molecule has 0 fully saturated rings. The van der Waals surface area contributed by atoms with Gasteiger partial charge in [-0.05, 0) is 13.3 Å². The van der Waals surface area contributed by atoms with Crippen molar-refractivity contribution in [2.75, 3.05) is 6.61 Å². The zero-order valence-electron chi connectivity index (χ0n) is 10.7. The molecule has 17 heavy (non-hydrogen) atoms. The summed E-state index contributed by atoms with van der Waals surface area (Å²) in [6.07, 6.45) is 7.76. The van der Waals surface area contributed by atoms with Crippen molar-refractivity contribution in [2.45, 2.75) is 52.4 Å². The summed E-state index contributed by atoms with van der Waals surface area (Å²) >= 11 is 0. The number of rotatable bonds is 9. The van der Waals surface area contributed by atoms with Gasteiger partial charge in [-0.2, -0.15) is 0 Å². The summed E-state index contributed by atoms with van der Waals surface area (Å²) in [6.45, 7) is 3.90. The minimum Gasteiger partial charge on any atom is -0.478 e. The molecule has 0 aromatic carbocycles. The van der Waals surface area contributed by atoms with Crippen molar-refractivity contribution in [1.82, 2.24) is 0 Å². The molecule has 0 radical (unpaired) electrons. The number of esters is 1. The van der Waals surface area contributed by atoms with Gasteiger partial charge in [0.25, 0.3) is 0 Å². The Balaban J connectivity index is 3.52. The van der Waals surface area contributed by atoms with E-state index in [4.69, 9.17) is 9.84 Å². The summed E-state index contributed by atoms with van der Waals surface area (Å²) in [5, 5.41) is 8.55. The molecule has 0 saturated carbocycles. The fourth-order valence-electron chi connectivity index (χ4n) is 1.34. The molecule has 98 valence electrons. The van der Waals surface area contributed by atoms with E-state index in [1.54, 1.807) is 0 Å². The predicted molar refractivity (Wildman–Crippen MR) is 65.7 cm³/mol. The van der Waals surface area contributed by atoms with E-state index >= 15 is 0 Å². The molecule has 0 rings (SSSR count). The molecule has 0 saturated heterocycles. The molecule has 4 nitrogen and oxygen atoms in total. The van der Waals surface area contributed by atoms with Crippen LogP contribution in [0.2, 0.25) is 0 Å². The molecule has 1 N–H and O–H groups in total. The number of hydrogen-bond donors (Lipinski definition) is 1. The highest BCUT2D eigenvalue weighted by atomic mass is 16.5. The molecule has 0 aromatic heterocycles. The van der Waals surface area contributed by atoms with Crippen LogP contribution in [0, 0.1) is 0 Å². The average molecular weight is 242 g/mol. The quantitative estimate of drug-likeness (QED) is 0.383. The molecule has 0 aliphatic rings. The third-order valence-corrected chi connectivity index (χ3v) is 2.41. The average Bonchev–Trinajstić information content (AvgIpc) is 2.27. The Kier molecular flexibility index (Phi) is 9.11. The zero-order valence-corrected chi connectivity index (χ0v) is 10.7. The van der Waals surface area contributed by atoms with Gasteiger partial charge in [0.1, 0.15) is 0 Å². The summed E-state index contributed by atoms with van der Waals surface area (Å²) in [6, 6.07) is 0. The fourth-order valence-corrected chi connectivity index (χ4v) is 1.34. The van der Waals surface area contributed by atoms with Crippen molar-refractivity contribution in [3.05, 3.63) is 11.6 Å². The summed E-state index contributed by atoms with van der Waals surface area (Å²) in [5.41, 5.74) is -0.00190. The van der Waals surface area contributed by atoms with Gasteiger partial charge in [-0.1, -0.05) is 39.0 Å². The first-order valence-electron chi connectivity index (χ1n) is 6.16. The van der Waals surface area contributed by atoms with Gasteiger partial charge < -0.3 is 9.84 Å². The van der Waals surface area contributed by atoms with Crippen LogP contribution in [-0.4, -0.2) is 23.7 Å². The van der Waals surface area contributed by atoms with Gasteiger partial charge in [-0.25, -0.2) is 9.59 Å². The van der Waals surface area contributed by atoms with E-state index in [0.29, 0.717) is 6.61 Å². The molecule has 0 bridgehead atoms. The molecule has 0 unspecified atom stereocenters. The largest absolute Gasteiger partial charge is 0.478 e. The molecule has 0 atom stereocenters. The van der Waals surface area contributed by atoms with Crippen LogP contribution in [0.15, 0.2) is 11.6 Å². The van der Waals surface area contributed by atoms with Gasteiger partial charge in [-0.3, -0.25) is 0 Å². The van der Waals surface area contributed by atoms with E-state index in [2.05, 4.69) is 6.92 Å². The summed E-state index contributed by atoms with van der Waals surface area (Å²) in [4.78, 5) is 21.6. The number of carbonyl (C=O) groups is 2. The molecule has 4 heteroatoms. The third kappa shape index (κ3) is 9.60. The minimum atomic E-state index is -1.10. The van der Waals surface area contributed by atoms with Gasteiger partial charge in [0.15, 0.2) is 0 Å². The highest BCUT2D eigenvalue weighted by Crippen LogP contribution is 2.05. The Morgan fingerprint density at radius 1 is 1.12 bits per heavy atom. The Morgan fingerprint density at radius 2 is 1.71 bits per heavy atom. The normalized spacial score (nSPS) is 11.3. The number of ether oxygens (including phenoxy) is 1. The van der Waals surface area contributed by atoms with Crippen molar-refractivity contribution in [3.63, 3.8) is 0 Å². The second-order valence-electron chi connectivity index (χ2n) is 4.07. The van der Waals surface area contributed by atoms with Crippen molar-refractivity contribution in [3.8, 4) is 0 Å². The van der Waals surface area contributed by atoms with Crippen LogP contribution in [0.25, 0.3) is 0 Å². The lowest BCUT2D eigenvalue weighted by molar-refractivity contribution is -0.139. The van der Waals surface area contributed by atoms with Crippen LogP contribution < -0.4 is 0 Å². The lowest BCUT2D eigenvalue weighted by atomic mass is 10.1. The Labute approximate surface area is 103 Å². The molecule has 0 heterocycles. The van der Waals surface area contributed by atoms with Crippen LogP contribution in [0.3, 0.4) is 0 Å². The van der Waals surface area contributed by atoms with Gasteiger partial charge in [0.05, 0.1) is 6.61 Å². The molecule has 0 aromatic rings. The summed E-state index contributed by atoms with van der Waals surface area (Å²) < 4.78 is 4.89. The fraction of sp³-hybridized carbons (Fsp3) is 0.692. The second-order valence-corrected chi connectivity index (χ2v) is 4.07. The minimum absolute atomic E-state index is 0.00190. The highest BCUT2D eigenvalue weighted by Gasteiger charge is 2.04. The number of aliphatic carboxylic acids is 1. The Bertz CT molecular complexity index is 269. The van der Waals surface area contributed by atoms with Crippen molar-refractivity contribution >= 4 is 11.9 Å². The number of carboxylic acid groups (broad SMARTS) is 1. The van der Waals surface area contributed by atoms with Crippen LogP contribution in [0.1, 0.15) is 52.4 Å². The van der Waals surface area contributed by atoms with Gasteiger partial charge >= 0.3 is 11.9 Å². The molecule has 0 aliphatic heterocycles. The zero-order chi connectivity index (χ0) is 13.1. The molecule has 0 spiro atoms. The van der Waals surface area contributed by atoms with Crippen LogP contribution in [0.4, 0.5) is 0 Å². The predicted octanol–water partition coefficient (Wildman–Crippen LogP) is 2.92. The van der Waals surface area contributed by atoms with E-state index in [-0.39, 0.29) is 5.57 Å². The maximum atomic E-state index is 11.1. The van der Waals surface area contributed by atoms with Crippen molar-refractivity contribution < 1.29 is 19.4 Å². The second kappa shape index (κ2) is 9.87. The van der Waals surface area contributed by atoms with Crippen molar-refractivity contribution in [1.29, 1.82) is 0 Å².